The van der Waals surface area contributed by atoms with Crippen molar-refractivity contribution in [2.24, 2.45) is 0 Å². The Hall–Kier alpha value is -1.78. The molecule has 1 unspecified atom stereocenters. The second-order valence-electron chi connectivity index (χ2n) is 5.23. The summed E-state index contributed by atoms with van der Waals surface area (Å²) in [7, 11) is 0. The minimum absolute atomic E-state index is 0.0624. The fraction of sp³-hybridized carbons (Fsp3) is 0.533. The summed E-state index contributed by atoms with van der Waals surface area (Å²) in [5.41, 5.74) is 1.17. The zero-order chi connectivity index (χ0) is 15.4. The van der Waals surface area contributed by atoms with Crippen LogP contribution in [0.5, 0.6) is 0 Å². The number of rotatable bonds is 2. The first-order valence-electron chi connectivity index (χ1n) is 7.38. The lowest BCUT2D eigenvalue weighted by atomic mass is 10.2. The van der Waals surface area contributed by atoms with Gasteiger partial charge in [-0.1, -0.05) is 0 Å². The lowest BCUT2D eigenvalue weighted by Crippen LogP contribution is -2.52. The summed E-state index contributed by atoms with van der Waals surface area (Å²) in [5.74, 6) is 2.04. The zero-order valence-electron chi connectivity index (χ0n) is 12.3. The molecule has 2 aliphatic heterocycles. The number of aromatic nitrogens is 1. The van der Waals surface area contributed by atoms with Crippen molar-refractivity contribution in [1.82, 2.24) is 9.88 Å². The minimum atomic E-state index is -0.455. The van der Waals surface area contributed by atoms with E-state index in [0.717, 1.165) is 30.3 Å². The minimum Gasteiger partial charge on any atom is -0.365 e. The molecule has 1 aromatic rings. The lowest BCUT2D eigenvalue weighted by Gasteiger charge is -2.37. The van der Waals surface area contributed by atoms with E-state index in [2.05, 4.69) is 11.1 Å². The van der Waals surface area contributed by atoms with Crippen LogP contribution in [-0.4, -0.2) is 66.2 Å². The number of carbonyl (C=O) groups excluding carboxylic acids is 1. The van der Waals surface area contributed by atoms with Gasteiger partial charge in [0.25, 0.3) is 5.91 Å². The van der Waals surface area contributed by atoms with Gasteiger partial charge in [0, 0.05) is 37.3 Å². The van der Waals surface area contributed by atoms with Gasteiger partial charge in [-0.05, 0) is 12.1 Å². The van der Waals surface area contributed by atoms with Crippen molar-refractivity contribution in [2.45, 2.75) is 6.10 Å². The maximum absolute atomic E-state index is 12.6. The maximum atomic E-state index is 12.6. The van der Waals surface area contributed by atoms with Crippen LogP contribution in [0.2, 0.25) is 0 Å². The molecule has 0 radical (unpaired) electrons. The summed E-state index contributed by atoms with van der Waals surface area (Å²) in [6, 6.07) is 5.79. The molecule has 0 N–H and O–H groups in total. The first kappa shape index (κ1) is 15.1. The highest BCUT2D eigenvalue weighted by Crippen LogP contribution is 2.21. The third-order valence-electron chi connectivity index (χ3n) is 3.90. The number of amides is 1. The molecule has 2 fully saturated rings. The number of hydrogen-bond donors (Lipinski definition) is 0. The monoisotopic (exact) mass is 318 g/mol. The van der Waals surface area contributed by atoms with Crippen LogP contribution in [0.4, 0.5) is 5.69 Å². The van der Waals surface area contributed by atoms with Crippen LogP contribution < -0.4 is 4.90 Å². The lowest BCUT2D eigenvalue weighted by molar-refractivity contribution is -0.144. The molecule has 22 heavy (non-hydrogen) atoms. The molecule has 0 aliphatic carbocycles. The van der Waals surface area contributed by atoms with Crippen molar-refractivity contribution in [1.29, 1.82) is 5.26 Å². The molecule has 0 bridgehead atoms. The van der Waals surface area contributed by atoms with E-state index in [1.807, 2.05) is 33.7 Å². The standard InChI is InChI=1S/C15H18N4O2S/c16-10-12-13(2-1-3-17-12)19-4-7-21-14(11-19)15(20)18-5-8-22-9-6-18/h1-3,14H,4-9,11H2. The van der Waals surface area contributed by atoms with Crippen LogP contribution in [0.3, 0.4) is 0 Å². The van der Waals surface area contributed by atoms with E-state index in [4.69, 9.17) is 4.74 Å². The molecule has 2 saturated heterocycles. The topological polar surface area (TPSA) is 69.5 Å². The summed E-state index contributed by atoms with van der Waals surface area (Å²) in [6.45, 7) is 3.21. The maximum Gasteiger partial charge on any atom is 0.253 e. The molecule has 0 spiro atoms. The van der Waals surface area contributed by atoms with Crippen LogP contribution in [0.25, 0.3) is 0 Å². The Morgan fingerprint density at radius 1 is 1.41 bits per heavy atom. The molecule has 0 aromatic carbocycles. The third-order valence-corrected chi connectivity index (χ3v) is 4.84. The van der Waals surface area contributed by atoms with E-state index in [1.54, 1.807) is 6.20 Å². The van der Waals surface area contributed by atoms with Crippen LogP contribution in [-0.2, 0) is 9.53 Å². The van der Waals surface area contributed by atoms with Gasteiger partial charge in [0.05, 0.1) is 18.8 Å². The Balaban J connectivity index is 1.71. The average molecular weight is 318 g/mol. The number of anilines is 1. The Bertz CT molecular complexity index is 583. The second kappa shape index (κ2) is 6.99. The molecule has 3 rings (SSSR count). The normalized spacial score (nSPS) is 22.2. The molecule has 6 nitrogen and oxygen atoms in total. The Labute approximate surface area is 134 Å². The van der Waals surface area contributed by atoms with Gasteiger partial charge in [0.15, 0.2) is 11.8 Å². The molecular weight excluding hydrogens is 300 g/mol. The molecule has 116 valence electrons. The van der Waals surface area contributed by atoms with Gasteiger partial charge < -0.3 is 14.5 Å². The molecular formula is C15H18N4O2S. The fourth-order valence-electron chi connectivity index (χ4n) is 2.74. The van der Waals surface area contributed by atoms with E-state index in [9.17, 15) is 10.1 Å². The van der Waals surface area contributed by atoms with Crippen molar-refractivity contribution < 1.29 is 9.53 Å². The largest absolute Gasteiger partial charge is 0.365 e. The van der Waals surface area contributed by atoms with Gasteiger partial charge in [-0.25, -0.2) is 4.98 Å². The molecule has 1 amide bonds. The number of pyridine rings is 1. The summed E-state index contributed by atoms with van der Waals surface area (Å²) in [4.78, 5) is 20.6. The number of thioether (sulfide) groups is 1. The van der Waals surface area contributed by atoms with Crippen molar-refractivity contribution in [3.63, 3.8) is 0 Å². The summed E-state index contributed by atoms with van der Waals surface area (Å²) in [6.07, 6.45) is 1.15. The predicted molar refractivity (Wildman–Crippen MR) is 84.8 cm³/mol. The highest BCUT2D eigenvalue weighted by Gasteiger charge is 2.31. The SMILES string of the molecule is N#Cc1ncccc1N1CCOC(C(=O)N2CCSCC2)C1. The van der Waals surface area contributed by atoms with Crippen molar-refractivity contribution in [3.05, 3.63) is 24.0 Å². The molecule has 1 aromatic heterocycles. The van der Waals surface area contributed by atoms with Crippen LogP contribution in [0.1, 0.15) is 5.69 Å². The smallest absolute Gasteiger partial charge is 0.253 e. The highest BCUT2D eigenvalue weighted by atomic mass is 32.2. The fourth-order valence-corrected chi connectivity index (χ4v) is 3.65. The van der Waals surface area contributed by atoms with Gasteiger partial charge in [-0.3, -0.25) is 4.79 Å². The van der Waals surface area contributed by atoms with Crippen LogP contribution >= 0.6 is 11.8 Å². The summed E-state index contributed by atoms with van der Waals surface area (Å²) in [5, 5.41) is 9.18. The molecule has 0 saturated carbocycles. The number of ether oxygens (including phenoxy) is 1. The Morgan fingerprint density at radius 2 is 2.23 bits per heavy atom. The van der Waals surface area contributed by atoms with Crippen LogP contribution in [0.15, 0.2) is 18.3 Å². The van der Waals surface area contributed by atoms with E-state index in [0.29, 0.717) is 25.4 Å². The van der Waals surface area contributed by atoms with Crippen molar-refractivity contribution in [2.75, 3.05) is 49.2 Å². The van der Waals surface area contributed by atoms with E-state index in [-0.39, 0.29) is 5.91 Å². The average Bonchev–Trinajstić information content (AvgIpc) is 2.62. The molecule has 7 heteroatoms. The Kier molecular flexibility index (Phi) is 4.80. The first-order valence-corrected chi connectivity index (χ1v) is 8.53. The third kappa shape index (κ3) is 3.18. The van der Waals surface area contributed by atoms with Gasteiger partial charge in [0.1, 0.15) is 6.07 Å². The van der Waals surface area contributed by atoms with Crippen molar-refractivity contribution >= 4 is 23.4 Å². The van der Waals surface area contributed by atoms with Gasteiger partial charge >= 0.3 is 0 Å². The van der Waals surface area contributed by atoms with Gasteiger partial charge in [-0.2, -0.15) is 17.0 Å². The molecule has 1 atom stereocenters. The predicted octanol–water partition coefficient (Wildman–Crippen LogP) is 0.734. The number of morpholine rings is 1. The quantitative estimate of drug-likeness (QED) is 0.801. The second-order valence-corrected chi connectivity index (χ2v) is 6.45. The number of nitriles is 1. The van der Waals surface area contributed by atoms with Crippen molar-refractivity contribution in [3.8, 4) is 6.07 Å². The van der Waals surface area contributed by atoms with Gasteiger partial charge in [-0.15, -0.1) is 0 Å². The van der Waals surface area contributed by atoms with E-state index < -0.39 is 6.10 Å². The number of nitrogens with zero attached hydrogens (tertiary/aromatic N) is 4. The highest BCUT2D eigenvalue weighted by molar-refractivity contribution is 7.99. The van der Waals surface area contributed by atoms with E-state index in [1.165, 1.54) is 0 Å². The summed E-state index contributed by atoms with van der Waals surface area (Å²) >= 11 is 1.88. The van der Waals surface area contributed by atoms with Crippen LogP contribution in [0, 0.1) is 11.3 Å². The molecule has 2 aliphatic rings. The Morgan fingerprint density at radius 3 is 3.00 bits per heavy atom. The van der Waals surface area contributed by atoms with Gasteiger partial charge in [0.2, 0.25) is 0 Å². The molecule has 3 heterocycles. The first-order chi connectivity index (χ1) is 10.8. The number of hydrogen-bond acceptors (Lipinski definition) is 6. The number of carbonyl (C=O) groups is 1. The zero-order valence-corrected chi connectivity index (χ0v) is 13.1. The summed E-state index contributed by atoms with van der Waals surface area (Å²) < 4.78 is 5.68. The van der Waals surface area contributed by atoms with E-state index >= 15 is 0 Å².